The molecule has 0 bridgehead atoms. The van der Waals surface area contributed by atoms with Crippen LogP contribution in [0.3, 0.4) is 0 Å². The number of aromatic nitrogens is 1. The van der Waals surface area contributed by atoms with Gasteiger partial charge in [0.25, 0.3) is 10.0 Å². The molecule has 0 fully saturated rings. The van der Waals surface area contributed by atoms with Crippen molar-refractivity contribution in [3.63, 3.8) is 0 Å². The van der Waals surface area contributed by atoms with Crippen molar-refractivity contribution >= 4 is 43.5 Å². The average molecular weight is 394 g/mol. The number of carboxylic acids is 2. The van der Waals surface area contributed by atoms with Crippen molar-refractivity contribution in [2.75, 3.05) is 0 Å². The van der Waals surface area contributed by atoms with Gasteiger partial charge >= 0.3 is 11.9 Å². The first kappa shape index (κ1) is 18.1. The SMILES string of the molecule is Cc1nc2ccc(S(=O)(=O)NC3=CC(C(=O)O)CC(C(=O)O)=C3)cc2s1. The number of nitrogens with zero attached hydrogens (tertiary/aromatic N) is 1. The molecule has 1 unspecified atom stereocenters. The predicted octanol–water partition coefficient (Wildman–Crippen LogP) is 1.88. The molecular formula is C16H14N2O6S2. The molecule has 1 aliphatic carbocycles. The molecule has 8 nitrogen and oxygen atoms in total. The molecule has 26 heavy (non-hydrogen) atoms. The first-order valence-corrected chi connectivity index (χ1v) is 9.74. The molecular weight excluding hydrogens is 380 g/mol. The van der Waals surface area contributed by atoms with Gasteiger partial charge in [0.05, 0.1) is 26.0 Å². The molecule has 2 aromatic rings. The molecule has 136 valence electrons. The maximum atomic E-state index is 12.6. The Kier molecular flexibility index (Phi) is 4.55. The van der Waals surface area contributed by atoms with E-state index in [0.29, 0.717) is 10.2 Å². The van der Waals surface area contributed by atoms with E-state index in [1.54, 1.807) is 6.07 Å². The highest BCUT2D eigenvalue weighted by Gasteiger charge is 2.27. The minimum absolute atomic E-state index is 0.0164. The zero-order valence-electron chi connectivity index (χ0n) is 13.5. The van der Waals surface area contributed by atoms with Gasteiger partial charge in [0.2, 0.25) is 0 Å². The number of hydrogen-bond donors (Lipinski definition) is 3. The number of rotatable bonds is 5. The quantitative estimate of drug-likeness (QED) is 0.705. The van der Waals surface area contributed by atoms with E-state index in [2.05, 4.69) is 9.71 Å². The Morgan fingerprint density at radius 1 is 1.31 bits per heavy atom. The number of thiazole rings is 1. The number of hydrogen-bond acceptors (Lipinski definition) is 6. The largest absolute Gasteiger partial charge is 0.481 e. The van der Waals surface area contributed by atoms with Crippen molar-refractivity contribution in [1.29, 1.82) is 0 Å². The van der Waals surface area contributed by atoms with E-state index in [4.69, 9.17) is 10.2 Å². The third-order valence-electron chi connectivity index (χ3n) is 3.77. The van der Waals surface area contributed by atoms with Gasteiger partial charge in [-0.15, -0.1) is 11.3 Å². The van der Waals surface area contributed by atoms with Crippen LogP contribution in [0.1, 0.15) is 11.4 Å². The molecule has 3 rings (SSSR count). The number of carbonyl (C=O) groups is 2. The molecule has 0 aliphatic heterocycles. The number of fused-ring (bicyclic) bond motifs is 1. The predicted molar refractivity (Wildman–Crippen MR) is 94.2 cm³/mol. The fourth-order valence-electron chi connectivity index (χ4n) is 2.58. The Balaban J connectivity index is 1.96. The van der Waals surface area contributed by atoms with Crippen LogP contribution in [0.5, 0.6) is 0 Å². The zero-order valence-corrected chi connectivity index (χ0v) is 15.1. The summed E-state index contributed by atoms with van der Waals surface area (Å²) in [6, 6.07) is 4.45. The standard InChI is InChI=1S/C16H14N2O6S2/c1-8-17-13-3-2-12(7-14(13)25-8)26(23,24)18-11-5-9(15(19)20)4-10(6-11)16(21)22/h2-3,5-7,9,18H,4H2,1H3,(H,19,20)(H,21,22). The summed E-state index contributed by atoms with van der Waals surface area (Å²) in [5.41, 5.74) is 0.426. The molecule has 0 saturated heterocycles. The summed E-state index contributed by atoms with van der Waals surface area (Å²) in [5.74, 6) is -3.63. The molecule has 0 amide bonds. The Labute approximate surface area is 152 Å². The molecule has 1 atom stereocenters. The molecule has 3 N–H and O–H groups in total. The summed E-state index contributed by atoms with van der Waals surface area (Å²) in [6.07, 6.45) is 2.12. The van der Waals surface area contributed by atoms with Crippen molar-refractivity contribution in [3.8, 4) is 0 Å². The highest BCUT2D eigenvalue weighted by molar-refractivity contribution is 7.89. The van der Waals surface area contributed by atoms with Gasteiger partial charge in [-0.25, -0.2) is 18.2 Å². The summed E-state index contributed by atoms with van der Waals surface area (Å²) in [4.78, 5) is 26.6. The van der Waals surface area contributed by atoms with Crippen LogP contribution in [0.15, 0.2) is 46.5 Å². The summed E-state index contributed by atoms with van der Waals surface area (Å²) < 4.78 is 28.2. The van der Waals surface area contributed by atoms with Gasteiger partial charge in [0.15, 0.2) is 0 Å². The number of nitrogens with one attached hydrogen (secondary N) is 1. The third-order valence-corrected chi connectivity index (χ3v) is 6.08. The van der Waals surface area contributed by atoms with E-state index in [-0.39, 0.29) is 22.6 Å². The van der Waals surface area contributed by atoms with Crippen LogP contribution >= 0.6 is 11.3 Å². The fourth-order valence-corrected chi connectivity index (χ4v) is 4.60. The second-order valence-corrected chi connectivity index (χ2v) is 8.63. The van der Waals surface area contributed by atoms with Crippen molar-refractivity contribution in [1.82, 2.24) is 9.71 Å². The number of allylic oxidation sites excluding steroid dienone is 1. The molecule has 1 heterocycles. The van der Waals surface area contributed by atoms with Crippen LogP contribution in [-0.4, -0.2) is 35.6 Å². The molecule has 1 aromatic heterocycles. The number of sulfonamides is 1. The minimum atomic E-state index is -4.01. The smallest absolute Gasteiger partial charge is 0.331 e. The van der Waals surface area contributed by atoms with Gasteiger partial charge in [0.1, 0.15) is 0 Å². The maximum absolute atomic E-state index is 12.6. The number of benzene rings is 1. The van der Waals surface area contributed by atoms with E-state index < -0.39 is 27.9 Å². The lowest BCUT2D eigenvalue weighted by molar-refractivity contribution is -0.140. The molecule has 10 heteroatoms. The van der Waals surface area contributed by atoms with E-state index in [0.717, 1.165) is 11.1 Å². The lowest BCUT2D eigenvalue weighted by Gasteiger charge is -2.18. The van der Waals surface area contributed by atoms with Gasteiger partial charge in [-0.3, -0.25) is 9.52 Å². The molecule has 0 saturated carbocycles. The van der Waals surface area contributed by atoms with Crippen molar-refractivity contribution in [3.05, 3.63) is 46.6 Å². The molecule has 1 aliphatic rings. The second-order valence-electron chi connectivity index (χ2n) is 5.71. The van der Waals surface area contributed by atoms with Crippen LogP contribution in [0, 0.1) is 12.8 Å². The summed E-state index contributed by atoms with van der Waals surface area (Å²) in [7, 11) is -4.01. The normalized spacial score (nSPS) is 17.5. The third kappa shape index (κ3) is 3.60. The monoisotopic (exact) mass is 394 g/mol. The number of aryl methyl sites for hydroxylation is 1. The average Bonchev–Trinajstić information content (AvgIpc) is 2.93. The van der Waals surface area contributed by atoms with Crippen molar-refractivity contribution in [2.45, 2.75) is 18.2 Å². The van der Waals surface area contributed by atoms with E-state index in [1.165, 1.54) is 29.5 Å². The summed E-state index contributed by atoms with van der Waals surface area (Å²) >= 11 is 1.35. The maximum Gasteiger partial charge on any atom is 0.331 e. The van der Waals surface area contributed by atoms with Gasteiger partial charge in [0, 0.05) is 11.3 Å². The van der Waals surface area contributed by atoms with Crippen LogP contribution < -0.4 is 4.72 Å². The van der Waals surface area contributed by atoms with Crippen LogP contribution in [0.2, 0.25) is 0 Å². The van der Waals surface area contributed by atoms with Crippen LogP contribution in [-0.2, 0) is 19.6 Å². The summed E-state index contributed by atoms with van der Waals surface area (Å²) in [6.45, 7) is 1.81. The van der Waals surface area contributed by atoms with E-state index >= 15 is 0 Å². The molecule has 0 spiro atoms. The minimum Gasteiger partial charge on any atom is -0.481 e. The Morgan fingerprint density at radius 2 is 2.04 bits per heavy atom. The Bertz CT molecular complexity index is 1080. The van der Waals surface area contributed by atoms with Gasteiger partial charge < -0.3 is 10.2 Å². The van der Waals surface area contributed by atoms with E-state index in [1.807, 2.05) is 6.92 Å². The zero-order chi connectivity index (χ0) is 19.1. The highest BCUT2D eigenvalue weighted by atomic mass is 32.2. The van der Waals surface area contributed by atoms with Crippen molar-refractivity contribution in [2.24, 2.45) is 5.92 Å². The van der Waals surface area contributed by atoms with Crippen LogP contribution in [0.25, 0.3) is 10.2 Å². The van der Waals surface area contributed by atoms with Gasteiger partial charge in [-0.05, 0) is 43.7 Å². The number of carboxylic acid groups (broad SMARTS) is 2. The Hall–Kier alpha value is -2.72. The van der Waals surface area contributed by atoms with Gasteiger partial charge in [-0.2, -0.15) is 0 Å². The van der Waals surface area contributed by atoms with E-state index in [9.17, 15) is 18.0 Å². The number of aliphatic carboxylic acids is 2. The first-order chi connectivity index (χ1) is 12.2. The van der Waals surface area contributed by atoms with Crippen LogP contribution in [0.4, 0.5) is 0 Å². The van der Waals surface area contributed by atoms with Crippen molar-refractivity contribution < 1.29 is 28.2 Å². The molecule has 1 aromatic carbocycles. The first-order valence-electron chi connectivity index (χ1n) is 7.44. The Morgan fingerprint density at radius 3 is 2.69 bits per heavy atom. The fraction of sp³-hybridized carbons (Fsp3) is 0.188. The second kappa shape index (κ2) is 6.54. The topological polar surface area (TPSA) is 134 Å². The van der Waals surface area contributed by atoms with Gasteiger partial charge in [-0.1, -0.05) is 0 Å². The highest BCUT2D eigenvalue weighted by Crippen LogP contribution is 2.26. The lowest BCUT2D eigenvalue weighted by Crippen LogP contribution is -2.27. The summed E-state index contributed by atoms with van der Waals surface area (Å²) in [5, 5.41) is 19.1. The lowest BCUT2D eigenvalue weighted by atomic mass is 9.93. The molecule has 0 radical (unpaired) electrons.